The Morgan fingerprint density at radius 1 is 1.24 bits per heavy atom. The summed E-state index contributed by atoms with van der Waals surface area (Å²) in [6.07, 6.45) is 0. The van der Waals surface area contributed by atoms with Gasteiger partial charge in [-0.2, -0.15) is 23.5 Å². The highest BCUT2D eigenvalue weighted by molar-refractivity contribution is 8.06. The minimum absolute atomic E-state index is 0.820. The standard InChI is InChI=1S/C13H18N2S2/c14-12-2-1-10-6-15(7-11(10)5-12)8-13-9-16-3-4-17-13/h1-2,5,13H,3-4,6-9,14H2. The van der Waals surface area contributed by atoms with Crippen molar-refractivity contribution >= 4 is 29.2 Å². The molecule has 0 saturated carbocycles. The Morgan fingerprint density at radius 3 is 2.94 bits per heavy atom. The second kappa shape index (κ2) is 5.12. The fourth-order valence-corrected chi connectivity index (χ4v) is 5.26. The van der Waals surface area contributed by atoms with Gasteiger partial charge in [0.25, 0.3) is 0 Å². The van der Waals surface area contributed by atoms with Crippen LogP contribution in [-0.2, 0) is 13.1 Å². The number of rotatable bonds is 2. The number of nitrogens with zero attached hydrogens (tertiary/aromatic N) is 1. The van der Waals surface area contributed by atoms with Crippen LogP contribution in [0.5, 0.6) is 0 Å². The van der Waals surface area contributed by atoms with Crippen molar-refractivity contribution in [2.24, 2.45) is 0 Å². The highest BCUT2D eigenvalue weighted by atomic mass is 32.2. The molecule has 92 valence electrons. The minimum atomic E-state index is 0.820. The number of hydrogen-bond acceptors (Lipinski definition) is 4. The second-order valence-electron chi connectivity index (χ2n) is 4.77. The summed E-state index contributed by atoms with van der Waals surface area (Å²) in [7, 11) is 0. The molecule has 17 heavy (non-hydrogen) atoms. The minimum Gasteiger partial charge on any atom is -0.399 e. The van der Waals surface area contributed by atoms with Gasteiger partial charge in [0.2, 0.25) is 0 Å². The van der Waals surface area contributed by atoms with Gasteiger partial charge in [-0.3, -0.25) is 4.90 Å². The average molecular weight is 266 g/mol. The van der Waals surface area contributed by atoms with Gasteiger partial charge in [0.1, 0.15) is 0 Å². The van der Waals surface area contributed by atoms with Gasteiger partial charge in [-0.05, 0) is 23.3 Å². The Morgan fingerprint density at radius 2 is 2.12 bits per heavy atom. The van der Waals surface area contributed by atoms with Gasteiger partial charge < -0.3 is 5.73 Å². The topological polar surface area (TPSA) is 29.3 Å². The molecular formula is C13H18N2S2. The summed E-state index contributed by atoms with van der Waals surface area (Å²) in [6, 6.07) is 6.35. The van der Waals surface area contributed by atoms with Gasteiger partial charge in [0, 0.05) is 47.8 Å². The predicted molar refractivity (Wildman–Crippen MR) is 78.5 cm³/mol. The third-order valence-corrected chi connectivity index (χ3v) is 6.19. The van der Waals surface area contributed by atoms with E-state index >= 15 is 0 Å². The Bertz CT molecular complexity index is 402. The third kappa shape index (κ3) is 2.75. The molecule has 2 nitrogen and oxygen atoms in total. The summed E-state index contributed by atoms with van der Waals surface area (Å²) in [5.74, 6) is 3.97. The van der Waals surface area contributed by atoms with E-state index in [-0.39, 0.29) is 0 Å². The zero-order valence-electron chi connectivity index (χ0n) is 9.89. The van der Waals surface area contributed by atoms with E-state index in [1.165, 1.54) is 34.9 Å². The van der Waals surface area contributed by atoms with E-state index in [4.69, 9.17) is 5.73 Å². The van der Waals surface area contributed by atoms with Crippen LogP contribution >= 0.6 is 23.5 Å². The van der Waals surface area contributed by atoms with Gasteiger partial charge in [0.15, 0.2) is 0 Å². The molecule has 0 radical (unpaired) electrons. The third-order valence-electron chi connectivity index (χ3n) is 3.37. The van der Waals surface area contributed by atoms with Crippen molar-refractivity contribution in [3.63, 3.8) is 0 Å². The largest absolute Gasteiger partial charge is 0.399 e. The van der Waals surface area contributed by atoms with Crippen LogP contribution in [-0.4, -0.2) is 34.0 Å². The fraction of sp³-hybridized carbons (Fsp3) is 0.538. The predicted octanol–water partition coefficient (Wildman–Crippen LogP) is 2.43. The lowest BCUT2D eigenvalue weighted by molar-refractivity contribution is 0.289. The van der Waals surface area contributed by atoms with Crippen LogP contribution in [0.15, 0.2) is 18.2 Å². The number of hydrogen-bond donors (Lipinski definition) is 1. The van der Waals surface area contributed by atoms with Crippen LogP contribution < -0.4 is 5.73 Å². The quantitative estimate of drug-likeness (QED) is 0.833. The molecule has 1 saturated heterocycles. The maximum atomic E-state index is 5.83. The van der Waals surface area contributed by atoms with E-state index in [2.05, 4.69) is 40.6 Å². The fourth-order valence-electron chi connectivity index (χ4n) is 2.54. The van der Waals surface area contributed by atoms with Gasteiger partial charge in [-0.1, -0.05) is 6.07 Å². The van der Waals surface area contributed by atoms with E-state index < -0.39 is 0 Å². The molecular weight excluding hydrogens is 248 g/mol. The van der Waals surface area contributed by atoms with Crippen molar-refractivity contribution in [3.8, 4) is 0 Å². The molecule has 0 bridgehead atoms. The second-order valence-corrected chi connectivity index (χ2v) is 7.32. The van der Waals surface area contributed by atoms with E-state index in [0.29, 0.717) is 0 Å². The first-order chi connectivity index (χ1) is 8.31. The summed E-state index contributed by atoms with van der Waals surface area (Å²) >= 11 is 4.25. The molecule has 2 aliphatic heterocycles. The molecule has 1 atom stereocenters. The zero-order chi connectivity index (χ0) is 11.7. The van der Waals surface area contributed by atoms with Crippen molar-refractivity contribution in [3.05, 3.63) is 29.3 Å². The van der Waals surface area contributed by atoms with Crippen LogP contribution in [0.4, 0.5) is 5.69 Å². The number of fused-ring (bicyclic) bond motifs is 1. The first kappa shape index (κ1) is 11.8. The number of nitrogens with two attached hydrogens (primary N) is 1. The summed E-state index contributed by atoms with van der Waals surface area (Å²) in [4.78, 5) is 2.56. The van der Waals surface area contributed by atoms with Crippen LogP contribution in [0, 0.1) is 0 Å². The monoisotopic (exact) mass is 266 g/mol. The molecule has 1 unspecified atom stereocenters. The van der Waals surface area contributed by atoms with E-state index in [1.807, 2.05) is 6.07 Å². The molecule has 0 spiro atoms. The molecule has 1 fully saturated rings. The normalized spacial score (nSPS) is 24.8. The molecule has 0 amide bonds. The van der Waals surface area contributed by atoms with Crippen molar-refractivity contribution in [1.29, 1.82) is 0 Å². The van der Waals surface area contributed by atoms with Crippen molar-refractivity contribution < 1.29 is 0 Å². The average Bonchev–Trinajstić information content (AvgIpc) is 2.71. The molecule has 2 aliphatic rings. The molecule has 0 aromatic heterocycles. The first-order valence-corrected chi connectivity index (χ1v) is 8.30. The summed E-state index contributed by atoms with van der Waals surface area (Å²) in [6.45, 7) is 3.42. The van der Waals surface area contributed by atoms with Gasteiger partial charge >= 0.3 is 0 Å². The smallest absolute Gasteiger partial charge is 0.0317 e. The Labute approximate surface area is 111 Å². The van der Waals surface area contributed by atoms with Crippen LogP contribution in [0.1, 0.15) is 11.1 Å². The zero-order valence-corrected chi connectivity index (χ0v) is 11.5. The van der Waals surface area contributed by atoms with Crippen LogP contribution in [0.25, 0.3) is 0 Å². The molecule has 3 rings (SSSR count). The van der Waals surface area contributed by atoms with Crippen LogP contribution in [0.3, 0.4) is 0 Å². The SMILES string of the molecule is Nc1ccc2c(c1)CN(CC1CSCCS1)C2. The number of thioether (sulfide) groups is 2. The van der Waals surface area contributed by atoms with E-state index in [0.717, 1.165) is 24.0 Å². The first-order valence-electron chi connectivity index (χ1n) is 6.10. The number of benzene rings is 1. The molecule has 1 aromatic rings. The van der Waals surface area contributed by atoms with E-state index in [9.17, 15) is 0 Å². The lowest BCUT2D eigenvalue weighted by Gasteiger charge is -2.25. The molecule has 2 heterocycles. The molecule has 2 N–H and O–H groups in total. The Balaban J connectivity index is 1.61. The van der Waals surface area contributed by atoms with Crippen molar-refractivity contribution in [2.75, 3.05) is 29.5 Å². The summed E-state index contributed by atoms with van der Waals surface area (Å²) in [5.41, 5.74) is 9.63. The molecule has 4 heteroatoms. The van der Waals surface area contributed by atoms with Gasteiger partial charge in [-0.15, -0.1) is 0 Å². The van der Waals surface area contributed by atoms with E-state index in [1.54, 1.807) is 0 Å². The van der Waals surface area contributed by atoms with Crippen molar-refractivity contribution in [1.82, 2.24) is 4.90 Å². The Kier molecular flexibility index (Phi) is 3.54. The summed E-state index contributed by atoms with van der Waals surface area (Å²) in [5, 5.41) is 0.820. The number of nitrogen functional groups attached to an aromatic ring is 1. The highest BCUT2D eigenvalue weighted by Gasteiger charge is 2.23. The lowest BCUT2D eigenvalue weighted by atomic mass is 10.1. The highest BCUT2D eigenvalue weighted by Crippen LogP contribution is 2.29. The maximum Gasteiger partial charge on any atom is 0.0317 e. The summed E-state index contributed by atoms with van der Waals surface area (Å²) < 4.78 is 0. The molecule has 0 aliphatic carbocycles. The lowest BCUT2D eigenvalue weighted by Crippen LogP contribution is -2.30. The van der Waals surface area contributed by atoms with Crippen molar-refractivity contribution in [2.45, 2.75) is 18.3 Å². The number of anilines is 1. The maximum absolute atomic E-state index is 5.83. The van der Waals surface area contributed by atoms with Gasteiger partial charge in [0.05, 0.1) is 0 Å². The Hall–Kier alpha value is -0.320. The van der Waals surface area contributed by atoms with Crippen LogP contribution in [0.2, 0.25) is 0 Å². The van der Waals surface area contributed by atoms with Gasteiger partial charge in [-0.25, -0.2) is 0 Å². The molecule has 1 aromatic carbocycles.